The van der Waals surface area contributed by atoms with Crippen molar-refractivity contribution in [2.75, 3.05) is 21.3 Å². The maximum absolute atomic E-state index is 12.5. The van der Waals surface area contributed by atoms with Crippen LogP contribution in [0.3, 0.4) is 0 Å². The van der Waals surface area contributed by atoms with Gasteiger partial charge in [0.1, 0.15) is 11.9 Å². The molecule has 1 heterocycles. The number of pyridine rings is 1. The van der Waals surface area contributed by atoms with Crippen LogP contribution >= 0.6 is 0 Å². The van der Waals surface area contributed by atoms with Gasteiger partial charge in [-0.2, -0.15) is 0 Å². The number of hydrogen-bond acceptors (Lipinski definition) is 5. The van der Waals surface area contributed by atoms with Gasteiger partial charge < -0.3 is 24.3 Å². The van der Waals surface area contributed by atoms with Crippen molar-refractivity contribution in [1.82, 2.24) is 4.98 Å². The van der Waals surface area contributed by atoms with Gasteiger partial charge in [-0.05, 0) is 24.1 Å². The Bertz CT molecular complexity index is 793. The fourth-order valence-electron chi connectivity index (χ4n) is 3.56. The lowest BCUT2D eigenvalue weighted by atomic mass is 9.77. The molecule has 2 atom stereocenters. The first kappa shape index (κ1) is 16.0. The molecule has 0 saturated carbocycles. The van der Waals surface area contributed by atoms with Gasteiger partial charge in [0.05, 0.1) is 7.11 Å². The Morgan fingerprint density at radius 3 is 2.52 bits per heavy atom. The summed E-state index contributed by atoms with van der Waals surface area (Å²) in [7, 11) is 4.58. The van der Waals surface area contributed by atoms with Gasteiger partial charge in [0.15, 0.2) is 5.79 Å². The maximum Gasteiger partial charge on any atom is 0.252 e. The number of methoxy groups -OCH3 is 3. The molecule has 1 aliphatic carbocycles. The monoisotopic (exact) mass is 319 g/mol. The van der Waals surface area contributed by atoms with Crippen molar-refractivity contribution in [3.05, 3.63) is 39.7 Å². The van der Waals surface area contributed by atoms with Crippen LogP contribution in [0.2, 0.25) is 0 Å². The minimum Gasteiger partial charge on any atom is -0.497 e. The van der Waals surface area contributed by atoms with E-state index in [9.17, 15) is 9.90 Å². The summed E-state index contributed by atoms with van der Waals surface area (Å²) in [6.07, 6.45) is -0.673. The average Bonchev–Trinajstić information content (AvgIpc) is 2.56. The Balaban J connectivity index is 2.38. The lowest BCUT2D eigenvalue weighted by Crippen LogP contribution is -2.46. The second-order valence-electron chi connectivity index (χ2n) is 5.92. The lowest BCUT2D eigenvalue weighted by Gasteiger charge is -2.42. The third-order valence-electron chi connectivity index (χ3n) is 4.76. The average molecular weight is 319 g/mol. The van der Waals surface area contributed by atoms with Crippen LogP contribution in [0.4, 0.5) is 0 Å². The van der Waals surface area contributed by atoms with E-state index in [0.717, 1.165) is 5.39 Å². The van der Waals surface area contributed by atoms with Crippen LogP contribution in [-0.2, 0) is 9.47 Å². The maximum atomic E-state index is 12.5. The summed E-state index contributed by atoms with van der Waals surface area (Å²) in [6.45, 7) is 1.93. The highest BCUT2D eigenvalue weighted by molar-refractivity contribution is 5.85. The Morgan fingerprint density at radius 2 is 1.91 bits per heavy atom. The number of aromatic nitrogens is 1. The Hall–Kier alpha value is -1.89. The van der Waals surface area contributed by atoms with Crippen LogP contribution in [0.5, 0.6) is 5.75 Å². The topological polar surface area (TPSA) is 80.8 Å². The van der Waals surface area contributed by atoms with E-state index in [1.807, 2.05) is 6.92 Å². The molecule has 6 nitrogen and oxygen atoms in total. The third-order valence-corrected chi connectivity index (χ3v) is 4.76. The van der Waals surface area contributed by atoms with Crippen LogP contribution in [-0.4, -0.2) is 37.2 Å². The fraction of sp³-hybridized carbons (Fsp3) is 0.471. The summed E-state index contributed by atoms with van der Waals surface area (Å²) < 4.78 is 16.3. The van der Waals surface area contributed by atoms with Gasteiger partial charge in [0.2, 0.25) is 0 Å². The Kier molecular flexibility index (Phi) is 3.91. The van der Waals surface area contributed by atoms with Crippen molar-refractivity contribution >= 4 is 10.9 Å². The quantitative estimate of drug-likeness (QED) is 0.847. The summed E-state index contributed by atoms with van der Waals surface area (Å²) in [5.41, 5.74) is 1.57. The van der Waals surface area contributed by atoms with Crippen molar-refractivity contribution in [2.24, 2.45) is 0 Å². The molecule has 0 unspecified atom stereocenters. The largest absolute Gasteiger partial charge is 0.497 e. The Labute approximate surface area is 134 Å². The lowest BCUT2D eigenvalue weighted by molar-refractivity contribution is -0.271. The molecule has 0 aliphatic heterocycles. The van der Waals surface area contributed by atoms with E-state index in [1.54, 1.807) is 25.3 Å². The minimum atomic E-state index is -1.17. The number of fused-ring (bicyclic) bond motifs is 3. The summed E-state index contributed by atoms with van der Waals surface area (Å²) >= 11 is 0. The molecule has 0 radical (unpaired) electrons. The van der Waals surface area contributed by atoms with Gasteiger partial charge in [-0.25, -0.2) is 0 Å². The number of aliphatic hydroxyl groups excluding tert-OH is 1. The normalized spacial score (nSPS) is 22.8. The number of hydrogen-bond donors (Lipinski definition) is 2. The second-order valence-corrected chi connectivity index (χ2v) is 5.92. The Morgan fingerprint density at radius 1 is 1.22 bits per heavy atom. The molecule has 0 fully saturated rings. The van der Waals surface area contributed by atoms with Crippen molar-refractivity contribution in [3.8, 4) is 5.75 Å². The van der Waals surface area contributed by atoms with E-state index < -0.39 is 11.9 Å². The fourth-order valence-corrected chi connectivity index (χ4v) is 3.56. The van der Waals surface area contributed by atoms with Gasteiger partial charge in [0, 0.05) is 42.7 Å². The smallest absolute Gasteiger partial charge is 0.252 e. The first-order valence-corrected chi connectivity index (χ1v) is 7.49. The van der Waals surface area contributed by atoms with Crippen molar-refractivity contribution in [1.29, 1.82) is 0 Å². The predicted octanol–water partition coefficient (Wildman–Crippen LogP) is 2.07. The van der Waals surface area contributed by atoms with E-state index >= 15 is 0 Å². The number of rotatable bonds is 3. The molecule has 2 N–H and O–H groups in total. The SMILES string of the molecule is COc1ccc2[nH]c(=O)c3c(c2c1)[C@@H](O)C(OC)(OC)C[C@@H]3C. The predicted molar refractivity (Wildman–Crippen MR) is 85.9 cm³/mol. The van der Waals surface area contributed by atoms with Crippen LogP contribution in [0.25, 0.3) is 10.9 Å². The van der Waals surface area contributed by atoms with Crippen LogP contribution in [0, 0.1) is 0 Å². The summed E-state index contributed by atoms with van der Waals surface area (Å²) in [5.74, 6) is -0.638. The van der Waals surface area contributed by atoms with Crippen molar-refractivity contribution < 1.29 is 19.3 Å². The third kappa shape index (κ3) is 2.25. The highest BCUT2D eigenvalue weighted by Gasteiger charge is 2.47. The molecule has 0 saturated heterocycles. The van der Waals surface area contributed by atoms with Crippen LogP contribution < -0.4 is 10.3 Å². The van der Waals surface area contributed by atoms with Crippen LogP contribution in [0.15, 0.2) is 23.0 Å². The van der Waals surface area contributed by atoms with Gasteiger partial charge in [-0.15, -0.1) is 0 Å². The van der Waals surface area contributed by atoms with Crippen molar-refractivity contribution in [2.45, 2.75) is 31.2 Å². The standard InChI is InChI=1S/C17H21NO5/c1-9-8-17(22-3,23-4)15(19)14-11-7-10(21-2)5-6-12(11)18-16(20)13(9)14/h5-7,9,15,19H,8H2,1-4H3,(H,18,20)/t9-,15+/m0/s1. The molecular formula is C17H21NO5. The highest BCUT2D eigenvalue weighted by Crippen LogP contribution is 2.47. The molecule has 6 heteroatoms. The van der Waals surface area contributed by atoms with E-state index in [0.29, 0.717) is 28.8 Å². The van der Waals surface area contributed by atoms with E-state index in [1.165, 1.54) is 14.2 Å². The zero-order valence-corrected chi connectivity index (χ0v) is 13.7. The molecule has 2 aromatic rings. The number of benzene rings is 1. The molecule has 124 valence electrons. The molecular weight excluding hydrogens is 298 g/mol. The summed E-state index contributed by atoms with van der Waals surface area (Å²) in [6, 6.07) is 5.34. The number of nitrogens with one attached hydrogen (secondary N) is 1. The van der Waals surface area contributed by atoms with Gasteiger partial charge >= 0.3 is 0 Å². The second kappa shape index (κ2) is 5.63. The molecule has 1 aromatic heterocycles. The molecule has 0 amide bonds. The first-order chi connectivity index (χ1) is 11.0. The van der Waals surface area contributed by atoms with Gasteiger partial charge in [-0.1, -0.05) is 6.92 Å². The molecule has 0 spiro atoms. The minimum absolute atomic E-state index is 0.118. The number of ether oxygens (including phenoxy) is 3. The molecule has 0 bridgehead atoms. The molecule has 23 heavy (non-hydrogen) atoms. The van der Waals surface area contributed by atoms with E-state index in [4.69, 9.17) is 14.2 Å². The zero-order chi connectivity index (χ0) is 16.8. The highest BCUT2D eigenvalue weighted by atomic mass is 16.7. The molecule has 1 aromatic carbocycles. The van der Waals surface area contributed by atoms with E-state index in [-0.39, 0.29) is 11.5 Å². The zero-order valence-electron chi connectivity index (χ0n) is 13.7. The number of H-pyrrole nitrogens is 1. The number of aliphatic hydroxyl groups is 1. The molecule has 3 rings (SSSR count). The summed E-state index contributed by atoms with van der Waals surface area (Å²) in [4.78, 5) is 15.4. The first-order valence-electron chi connectivity index (χ1n) is 7.49. The molecule has 1 aliphatic rings. The van der Waals surface area contributed by atoms with Crippen molar-refractivity contribution in [3.63, 3.8) is 0 Å². The van der Waals surface area contributed by atoms with Gasteiger partial charge in [0.25, 0.3) is 5.56 Å². The van der Waals surface area contributed by atoms with Crippen LogP contribution in [0.1, 0.15) is 36.5 Å². The summed E-state index contributed by atoms with van der Waals surface area (Å²) in [5, 5.41) is 11.7. The van der Waals surface area contributed by atoms with E-state index in [2.05, 4.69) is 4.98 Å². The number of aromatic amines is 1. The van der Waals surface area contributed by atoms with Gasteiger partial charge in [-0.3, -0.25) is 4.79 Å².